The highest BCUT2D eigenvalue weighted by molar-refractivity contribution is 7.91. The van der Waals surface area contributed by atoms with Crippen molar-refractivity contribution >= 4 is 33.5 Å². The minimum Gasteiger partial charge on any atom is -0.444 e. The largest absolute Gasteiger partial charge is 0.444 e. The van der Waals surface area contributed by atoms with E-state index < -0.39 is 21.9 Å². The minimum atomic E-state index is -3.05. The molecule has 0 bridgehead atoms. The molecule has 2 heterocycles. The van der Waals surface area contributed by atoms with Crippen LogP contribution in [0.4, 0.5) is 0 Å². The Bertz CT molecular complexity index is 792. The first-order valence-electron chi connectivity index (χ1n) is 6.97. The van der Waals surface area contributed by atoms with Crippen LogP contribution in [-0.4, -0.2) is 41.8 Å². The monoisotopic (exact) mass is 357 g/mol. The predicted octanol–water partition coefficient (Wildman–Crippen LogP) is 1.67. The van der Waals surface area contributed by atoms with E-state index in [9.17, 15) is 13.2 Å². The maximum absolute atomic E-state index is 11.6. The number of carbonyl (C=O) groups is 1. The molecule has 2 atom stereocenters. The highest BCUT2D eigenvalue weighted by atomic mass is 35.5. The number of hydrogen-bond acceptors (Lipinski definition) is 6. The molecule has 23 heavy (non-hydrogen) atoms. The molecule has 0 amide bonds. The molecule has 124 valence electrons. The average Bonchev–Trinajstić information content (AvgIpc) is 2.96. The lowest BCUT2D eigenvalue weighted by Gasteiger charge is -2.09. The van der Waals surface area contributed by atoms with E-state index >= 15 is 0 Å². The number of nitrogens with zero attached hydrogens (tertiary/aromatic N) is 3. The highest BCUT2D eigenvalue weighted by Crippen LogP contribution is 2.30. The van der Waals surface area contributed by atoms with Crippen LogP contribution in [0.3, 0.4) is 0 Å². The summed E-state index contributed by atoms with van der Waals surface area (Å²) in [6, 6.07) is 1.50. The summed E-state index contributed by atoms with van der Waals surface area (Å²) in [5.41, 5.74) is 1.11. The van der Waals surface area contributed by atoms with E-state index in [4.69, 9.17) is 21.6 Å². The second-order valence-electron chi connectivity index (χ2n) is 5.33. The van der Waals surface area contributed by atoms with Crippen LogP contribution >= 0.6 is 11.6 Å². The molecule has 1 aromatic rings. The van der Waals surface area contributed by atoms with Gasteiger partial charge in [-0.3, -0.25) is 0 Å². The number of ether oxygens (including phenoxy) is 1. The second kappa shape index (κ2) is 6.72. The molecular weight excluding hydrogens is 342 g/mol. The fourth-order valence-corrected chi connectivity index (χ4v) is 4.39. The van der Waals surface area contributed by atoms with Crippen LogP contribution in [0.25, 0.3) is 6.08 Å². The van der Waals surface area contributed by atoms with E-state index in [-0.39, 0.29) is 22.7 Å². The Labute approximate surface area is 139 Å². The van der Waals surface area contributed by atoms with Crippen LogP contribution in [-0.2, 0) is 19.4 Å². The molecule has 0 spiro atoms. The topological polar surface area (TPSA) is 102 Å². The van der Waals surface area contributed by atoms with Crippen molar-refractivity contribution in [2.24, 2.45) is 0 Å². The Hall–Kier alpha value is -1.85. The van der Waals surface area contributed by atoms with Crippen molar-refractivity contribution in [2.45, 2.75) is 32.4 Å². The maximum atomic E-state index is 11.6. The summed E-state index contributed by atoms with van der Waals surface area (Å²) in [7, 11) is -3.05. The zero-order valence-electron chi connectivity index (χ0n) is 12.7. The molecule has 2 rings (SSSR count). The predicted molar refractivity (Wildman–Crippen MR) is 84.5 cm³/mol. The van der Waals surface area contributed by atoms with E-state index in [2.05, 4.69) is 5.10 Å². The third-order valence-electron chi connectivity index (χ3n) is 3.49. The molecule has 0 N–H and O–H groups in total. The van der Waals surface area contributed by atoms with E-state index in [1.807, 2.05) is 0 Å². The zero-order valence-corrected chi connectivity index (χ0v) is 14.3. The first kappa shape index (κ1) is 17.5. The summed E-state index contributed by atoms with van der Waals surface area (Å²) in [4.78, 5) is 11.5. The summed E-state index contributed by atoms with van der Waals surface area (Å²) in [6.45, 7) is 3.18. The van der Waals surface area contributed by atoms with Gasteiger partial charge in [0.1, 0.15) is 11.2 Å². The average molecular weight is 358 g/mol. The maximum Gasteiger partial charge on any atom is 0.332 e. The number of nitriles is 1. The zero-order chi connectivity index (χ0) is 17.2. The normalized spacial score (nSPS) is 21.2. The second-order valence-corrected chi connectivity index (χ2v) is 7.92. The summed E-state index contributed by atoms with van der Waals surface area (Å²) in [5.74, 6) is -0.527. The molecule has 1 aromatic heterocycles. The minimum absolute atomic E-state index is 0.0126. The van der Waals surface area contributed by atoms with Gasteiger partial charge in [-0.2, -0.15) is 10.4 Å². The number of rotatable bonds is 4. The molecule has 0 aliphatic carbocycles. The van der Waals surface area contributed by atoms with Crippen molar-refractivity contribution in [3.63, 3.8) is 0 Å². The van der Waals surface area contributed by atoms with Gasteiger partial charge in [-0.25, -0.2) is 17.9 Å². The Morgan fingerprint density at radius 2 is 2.30 bits per heavy atom. The standard InChI is InChI=1S/C14H16ClN3O4S/c1-9(7-16)22-13(19)4-3-12-10(2)17-18(14(12)15)11-5-6-23(20,21)8-11/h3-4,9,11H,5-6,8H2,1-2H3/b4-3+/t9-,11-/m1/s1. The number of sulfone groups is 1. The van der Waals surface area contributed by atoms with Crippen LogP contribution < -0.4 is 0 Å². The summed E-state index contributed by atoms with van der Waals surface area (Å²) < 4.78 is 29.4. The molecule has 1 aliphatic rings. The smallest absolute Gasteiger partial charge is 0.332 e. The SMILES string of the molecule is Cc1nn([C@@H]2CCS(=O)(=O)C2)c(Cl)c1/C=C/C(=O)O[C@H](C)C#N. The van der Waals surface area contributed by atoms with Crippen molar-refractivity contribution in [1.29, 1.82) is 5.26 Å². The summed E-state index contributed by atoms with van der Waals surface area (Å²) in [6.07, 6.45) is 2.25. The van der Waals surface area contributed by atoms with Crippen molar-refractivity contribution in [3.05, 3.63) is 22.5 Å². The Morgan fingerprint density at radius 3 is 2.87 bits per heavy atom. The Kier molecular flexibility index (Phi) is 5.12. The number of carbonyl (C=O) groups excluding carboxylic acids is 1. The van der Waals surface area contributed by atoms with Crippen molar-refractivity contribution in [3.8, 4) is 6.07 Å². The molecule has 0 saturated carbocycles. The van der Waals surface area contributed by atoms with E-state index in [1.54, 1.807) is 13.0 Å². The van der Waals surface area contributed by atoms with Crippen molar-refractivity contribution in [2.75, 3.05) is 11.5 Å². The van der Waals surface area contributed by atoms with E-state index in [0.717, 1.165) is 0 Å². The molecular formula is C14H16ClN3O4S. The van der Waals surface area contributed by atoms with Crippen LogP contribution in [0.2, 0.25) is 5.15 Å². The lowest BCUT2D eigenvalue weighted by molar-refractivity contribution is -0.139. The molecule has 1 saturated heterocycles. The van der Waals surface area contributed by atoms with Crippen LogP contribution in [0, 0.1) is 18.3 Å². The van der Waals surface area contributed by atoms with E-state index in [1.165, 1.54) is 23.8 Å². The molecule has 1 aliphatic heterocycles. The van der Waals surface area contributed by atoms with Gasteiger partial charge in [0.15, 0.2) is 15.9 Å². The lowest BCUT2D eigenvalue weighted by atomic mass is 10.2. The van der Waals surface area contributed by atoms with Crippen molar-refractivity contribution in [1.82, 2.24) is 9.78 Å². The van der Waals surface area contributed by atoms with Gasteiger partial charge in [-0.15, -0.1) is 0 Å². The summed E-state index contributed by atoms with van der Waals surface area (Å²) >= 11 is 6.27. The number of aryl methyl sites for hydroxylation is 1. The molecule has 9 heteroatoms. The van der Waals surface area contributed by atoms with Gasteiger partial charge >= 0.3 is 5.97 Å². The van der Waals surface area contributed by atoms with Crippen molar-refractivity contribution < 1.29 is 17.9 Å². The third kappa shape index (κ3) is 4.12. The Morgan fingerprint density at radius 1 is 1.61 bits per heavy atom. The number of aromatic nitrogens is 2. The quantitative estimate of drug-likeness (QED) is 0.600. The molecule has 1 fully saturated rings. The molecule has 0 radical (unpaired) electrons. The number of esters is 1. The molecule has 0 unspecified atom stereocenters. The number of halogens is 1. The van der Waals surface area contributed by atoms with Gasteiger partial charge in [0.25, 0.3) is 0 Å². The van der Waals surface area contributed by atoms with Gasteiger partial charge in [-0.05, 0) is 26.3 Å². The third-order valence-corrected chi connectivity index (χ3v) is 5.61. The van der Waals surface area contributed by atoms with Gasteiger partial charge < -0.3 is 4.74 Å². The van der Waals surface area contributed by atoms with Crippen LogP contribution in [0.15, 0.2) is 6.08 Å². The van der Waals surface area contributed by atoms with Crippen LogP contribution in [0.5, 0.6) is 0 Å². The highest BCUT2D eigenvalue weighted by Gasteiger charge is 2.31. The first-order valence-corrected chi connectivity index (χ1v) is 9.17. The first-order chi connectivity index (χ1) is 10.7. The van der Waals surface area contributed by atoms with Gasteiger partial charge in [-0.1, -0.05) is 11.6 Å². The van der Waals surface area contributed by atoms with Gasteiger partial charge in [0, 0.05) is 11.6 Å². The molecule has 0 aromatic carbocycles. The molecule has 7 nitrogen and oxygen atoms in total. The fraction of sp³-hybridized carbons (Fsp3) is 0.500. The lowest BCUT2D eigenvalue weighted by Crippen LogP contribution is -2.12. The van der Waals surface area contributed by atoms with E-state index in [0.29, 0.717) is 17.7 Å². The number of hydrogen-bond donors (Lipinski definition) is 0. The summed E-state index contributed by atoms with van der Waals surface area (Å²) in [5, 5.41) is 13.1. The Balaban J connectivity index is 2.19. The van der Waals surface area contributed by atoms with Gasteiger partial charge in [0.2, 0.25) is 0 Å². The fourth-order valence-electron chi connectivity index (χ4n) is 2.32. The van der Waals surface area contributed by atoms with Crippen LogP contribution in [0.1, 0.15) is 30.6 Å². The van der Waals surface area contributed by atoms with Gasteiger partial charge in [0.05, 0.1) is 23.2 Å².